The predicted octanol–water partition coefficient (Wildman–Crippen LogP) is 7.50. The Bertz CT molecular complexity index is 1060. The van der Waals surface area contributed by atoms with E-state index in [9.17, 15) is 5.11 Å². The normalized spacial score (nSPS) is 23.6. The second-order valence-corrected chi connectivity index (χ2v) is 10.9. The van der Waals surface area contributed by atoms with Crippen LogP contribution in [0.4, 0.5) is 0 Å². The highest BCUT2D eigenvalue weighted by molar-refractivity contribution is 5.48. The van der Waals surface area contributed by atoms with E-state index >= 15 is 0 Å². The van der Waals surface area contributed by atoms with E-state index in [0.29, 0.717) is 30.3 Å². The Hall–Kier alpha value is -2.78. The van der Waals surface area contributed by atoms with Crippen molar-refractivity contribution in [3.05, 3.63) is 95.6 Å². The van der Waals surface area contributed by atoms with Gasteiger partial charge in [0.05, 0.1) is 13.2 Å². The van der Waals surface area contributed by atoms with Gasteiger partial charge >= 0.3 is 0 Å². The standard InChI is InChI=1S/C33H42O3/c1-5-6-7-8-24(4)31-15-11-28-19-30(35-21-23(2)3)14-16-32(28)33(31)27-9-12-29(13-10-27)36-22-26-17-25(18-26)20-34/h5-10,12-14,16,19,23,25-26,31,33-34H,4,11,15,17-18,20-22H2,1-3H3/b6-5-,8-7-/t25?,26?,31-,33+/m1/s1. The van der Waals surface area contributed by atoms with Crippen LogP contribution >= 0.6 is 0 Å². The molecule has 2 aromatic carbocycles. The molecule has 1 fully saturated rings. The van der Waals surface area contributed by atoms with Gasteiger partial charge in [0.25, 0.3) is 0 Å². The highest BCUT2D eigenvalue weighted by Gasteiger charge is 2.32. The van der Waals surface area contributed by atoms with Crippen molar-refractivity contribution in [1.82, 2.24) is 0 Å². The van der Waals surface area contributed by atoms with Crippen LogP contribution < -0.4 is 9.47 Å². The van der Waals surface area contributed by atoms with Crippen LogP contribution in [0.3, 0.4) is 0 Å². The Labute approximate surface area is 217 Å². The molecule has 2 atom stereocenters. The number of aliphatic hydroxyl groups is 1. The molecule has 3 heteroatoms. The van der Waals surface area contributed by atoms with Gasteiger partial charge < -0.3 is 14.6 Å². The van der Waals surface area contributed by atoms with Crippen molar-refractivity contribution in [2.45, 2.75) is 52.4 Å². The molecule has 0 spiro atoms. The summed E-state index contributed by atoms with van der Waals surface area (Å²) in [5.41, 5.74) is 5.23. The maximum atomic E-state index is 9.24. The van der Waals surface area contributed by atoms with Crippen molar-refractivity contribution in [3.63, 3.8) is 0 Å². The fraction of sp³-hybridized carbons (Fsp3) is 0.455. The number of benzene rings is 2. The highest BCUT2D eigenvalue weighted by Crippen LogP contribution is 2.45. The van der Waals surface area contributed by atoms with Crippen LogP contribution in [0.15, 0.2) is 78.9 Å². The summed E-state index contributed by atoms with van der Waals surface area (Å²) in [5, 5.41) is 9.24. The van der Waals surface area contributed by atoms with E-state index in [1.165, 1.54) is 22.3 Å². The maximum absolute atomic E-state index is 9.24. The van der Waals surface area contributed by atoms with E-state index in [-0.39, 0.29) is 5.92 Å². The minimum Gasteiger partial charge on any atom is -0.493 e. The molecule has 0 radical (unpaired) electrons. The third-order valence-electron chi connectivity index (χ3n) is 7.57. The van der Waals surface area contributed by atoms with Gasteiger partial charge in [0.15, 0.2) is 0 Å². The Morgan fingerprint density at radius 1 is 1.03 bits per heavy atom. The van der Waals surface area contributed by atoms with Crippen LogP contribution in [-0.4, -0.2) is 24.9 Å². The molecule has 0 amide bonds. The minimum absolute atomic E-state index is 0.252. The highest BCUT2D eigenvalue weighted by atomic mass is 16.5. The first-order valence-electron chi connectivity index (χ1n) is 13.6. The summed E-state index contributed by atoms with van der Waals surface area (Å²) in [5.74, 6) is 4.02. The van der Waals surface area contributed by atoms with Crippen LogP contribution in [0.1, 0.15) is 62.6 Å². The molecule has 192 valence electrons. The van der Waals surface area contributed by atoms with Crippen LogP contribution in [-0.2, 0) is 6.42 Å². The van der Waals surface area contributed by atoms with E-state index in [1.807, 2.05) is 13.0 Å². The van der Waals surface area contributed by atoms with Crippen LogP contribution in [0.25, 0.3) is 0 Å². The van der Waals surface area contributed by atoms with E-state index in [0.717, 1.165) is 50.4 Å². The number of hydrogen-bond acceptors (Lipinski definition) is 3. The van der Waals surface area contributed by atoms with Crippen molar-refractivity contribution in [2.24, 2.45) is 23.7 Å². The molecule has 36 heavy (non-hydrogen) atoms. The second-order valence-electron chi connectivity index (χ2n) is 10.9. The van der Waals surface area contributed by atoms with Gasteiger partial charge in [0.1, 0.15) is 11.5 Å². The van der Waals surface area contributed by atoms with Crippen LogP contribution in [0.5, 0.6) is 11.5 Å². The zero-order valence-electron chi connectivity index (χ0n) is 22.2. The maximum Gasteiger partial charge on any atom is 0.119 e. The molecule has 0 bridgehead atoms. The molecule has 0 saturated heterocycles. The molecule has 1 N–H and O–H groups in total. The predicted molar refractivity (Wildman–Crippen MR) is 149 cm³/mol. The van der Waals surface area contributed by atoms with Crippen molar-refractivity contribution >= 4 is 0 Å². The molecule has 2 aliphatic carbocycles. The first-order chi connectivity index (χ1) is 17.5. The number of ether oxygens (including phenoxy) is 2. The van der Waals surface area contributed by atoms with Gasteiger partial charge in [-0.3, -0.25) is 0 Å². The second kappa shape index (κ2) is 12.5. The number of aryl methyl sites for hydroxylation is 1. The largest absolute Gasteiger partial charge is 0.493 e. The third-order valence-corrected chi connectivity index (χ3v) is 7.57. The van der Waals surface area contributed by atoms with Gasteiger partial charge in [-0.05, 0) is 97.2 Å². The smallest absolute Gasteiger partial charge is 0.119 e. The molecule has 2 aliphatic rings. The zero-order chi connectivity index (χ0) is 25.5. The average Bonchev–Trinajstić information content (AvgIpc) is 2.86. The van der Waals surface area contributed by atoms with Crippen molar-refractivity contribution in [3.8, 4) is 11.5 Å². The lowest BCUT2D eigenvalue weighted by molar-refractivity contribution is 0.0730. The molecule has 0 aliphatic heterocycles. The van der Waals surface area contributed by atoms with Gasteiger partial charge in [0, 0.05) is 12.5 Å². The molecular weight excluding hydrogens is 444 g/mol. The van der Waals surface area contributed by atoms with E-state index in [4.69, 9.17) is 9.47 Å². The van der Waals surface area contributed by atoms with Gasteiger partial charge in [-0.15, -0.1) is 0 Å². The number of allylic oxidation sites excluding steroid dienone is 5. The average molecular weight is 487 g/mol. The van der Waals surface area contributed by atoms with Crippen molar-refractivity contribution in [1.29, 1.82) is 0 Å². The number of fused-ring (bicyclic) bond motifs is 1. The summed E-state index contributed by atoms with van der Waals surface area (Å²) >= 11 is 0. The van der Waals surface area contributed by atoms with E-state index in [2.05, 4.69) is 81.1 Å². The monoisotopic (exact) mass is 486 g/mol. The fourth-order valence-electron chi connectivity index (χ4n) is 5.52. The lowest BCUT2D eigenvalue weighted by Gasteiger charge is -2.35. The molecule has 4 rings (SSSR count). The Morgan fingerprint density at radius 2 is 1.78 bits per heavy atom. The number of rotatable bonds is 11. The van der Waals surface area contributed by atoms with Gasteiger partial charge in [0.2, 0.25) is 0 Å². The summed E-state index contributed by atoms with van der Waals surface area (Å²) in [7, 11) is 0. The van der Waals surface area contributed by atoms with Crippen molar-refractivity contribution in [2.75, 3.05) is 19.8 Å². The summed E-state index contributed by atoms with van der Waals surface area (Å²) in [6.45, 7) is 12.6. The summed E-state index contributed by atoms with van der Waals surface area (Å²) in [6.07, 6.45) is 12.6. The van der Waals surface area contributed by atoms with E-state index in [1.54, 1.807) is 0 Å². The quantitative estimate of drug-likeness (QED) is 0.334. The Kier molecular flexibility index (Phi) is 9.09. The minimum atomic E-state index is 0.252. The molecule has 1 saturated carbocycles. The Morgan fingerprint density at radius 3 is 2.47 bits per heavy atom. The number of aliphatic hydroxyl groups excluding tert-OH is 1. The Balaban J connectivity index is 1.55. The first kappa shape index (κ1) is 26.3. The number of hydrogen-bond donors (Lipinski definition) is 1. The summed E-state index contributed by atoms with van der Waals surface area (Å²) in [4.78, 5) is 0. The molecule has 0 unspecified atom stereocenters. The fourth-order valence-corrected chi connectivity index (χ4v) is 5.52. The van der Waals surface area contributed by atoms with Crippen LogP contribution in [0, 0.1) is 23.7 Å². The molecular formula is C33H42O3. The zero-order valence-corrected chi connectivity index (χ0v) is 22.2. The SMILES string of the molecule is C=C(/C=C\C=C/C)[C@H]1CCc2cc(OCC(C)C)ccc2[C@H]1c1ccc(OCC2CC(CO)C2)cc1. The van der Waals surface area contributed by atoms with E-state index < -0.39 is 0 Å². The first-order valence-corrected chi connectivity index (χ1v) is 13.6. The molecule has 2 aromatic rings. The third kappa shape index (κ3) is 6.50. The van der Waals surface area contributed by atoms with Crippen LogP contribution in [0.2, 0.25) is 0 Å². The van der Waals surface area contributed by atoms with Crippen molar-refractivity contribution < 1.29 is 14.6 Å². The van der Waals surface area contributed by atoms with Gasteiger partial charge in [-0.25, -0.2) is 0 Å². The topological polar surface area (TPSA) is 38.7 Å². The summed E-state index contributed by atoms with van der Waals surface area (Å²) < 4.78 is 12.1. The molecule has 0 aromatic heterocycles. The molecule has 0 heterocycles. The lowest BCUT2D eigenvalue weighted by Crippen LogP contribution is -2.30. The molecule has 3 nitrogen and oxygen atoms in total. The van der Waals surface area contributed by atoms with Gasteiger partial charge in [-0.1, -0.05) is 68.5 Å². The lowest BCUT2D eigenvalue weighted by atomic mass is 9.69. The van der Waals surface area contributed by atoms with Gasteiger partial charge in [-0.2, -0.15) is 0 Å². The summed E-state index contributed by atoms with van der Waals surface area (Å²) in [6, 6.07) is 15.3.